The normalized spacial score (nSPS) is 15.3. The molecule has 2 rings (SSSR count). The first-order chi connectivity index (χ1) is 22.4. The monoisotopic (exact) mass is 650 g/mol. The largest absolute Gasteiger partial charge is 0.404 e. The van der Waals surface area contributed by atoms with E-state index in [0.717, 1.165) is 80.0 Å². The molecule has 7 N–H and O–H groups in total. The van der Waals surface area contributed by atoms with Crippen molar-refractivity contribution in [2.75, 3.05) is 12.3 Å². The number of nitrogens with zero attached hydrogens (tertiary/aromatic N) is 1. The third-order valence-electron chi connectivity index (χ3n) is 8.73. The fraction of sp³-hybridized carbons (Fsp3) is 0.619. The number of hydrogen-bond acceptors (Lipinski definition) is 5. The summed E-state index contributed by atoms with van der Waals surface area (Å²) in [5.41, 5.74) is 26.6. The van der Waals surface area contributed by atoms with Crippen molar-refractivity contribution in [2.24, 2.45) is 34.2 Å². The molecule has 0 spiro atoms. The molecule has 0 fully saturated rings. The van der Waals surface area contributed by atoms with Crippen LogP contribution in [-0.4, -0.2) is 19.0 Å². The van der Waals surface area contributed by atoms with E-state index in [1.165, 1.54) is 54.2 Å². The second kappa shape index (κ2) is 28.0. The number of nitrogens with two attached hydrogens (primary N) is 3. The zero-order valence-electron chi connectivity index (χ0n) is 32.6. The smallest absolute Gasteiger partial charge is 0.0409 e. The molecule has 1 aliphatic carbocycles. The summed E-state index contributed by atoms with van der Waals surface area (Å²) in [6.45, 7) is 27.9. The maximum absolute atomic E-state index is 8.01. The van der Waals surface area contributed by atoms with Crippen LogP contribution in [0.4, 0.5) is 5.69 Å². The van der Waals surface area contributed by atoms with Gasteiger partial charge in [0.25, 0.3) is 0 Å². The maximum atomic E-state index is 8.01. The molecule has 0 heterocycles. The molecule has 5 nitrogen and oxygen atoms in total. The molecule has 47 heavy (non-hydrogen) atoms. The number of benzene rings is 1. The third kappa shape index (κ3) is 18.7. The molecule has 0 amide bonds. The molecule has 268 valence electrons. The van der Waals surface area contributed by atoms with Crippen LogP contribution in [0.1, 0.15) is 157 Å². The number of rotatable bonds is 15. The Morgan fingerprint density at radius 1 is 0.979 bits per heavy atom. The summed E-state index contributed by atoms with van der Waals surface area (Å²) in [6, 6.07) is 3.98. The Balaban J connectivity index is 0. The molecular formula is C42H75N5. The molecule has 0 aliphatic heterocycles. The van der Waals surface area contributed by atoms with Gasteiger partial charge in [-0.3, -0.25) is 4.99 Å². The summed E-state index contributed by atoms with van der Waals surface area (Å²) in [7, 11) is 0. The van der Waals surface area contributed by atoms with Crippen molar-refractivity contribution in [2.45, 2.75) is 147 Å². The minimum atomic E-state index is 0.665. The quantitative estimate of drug-likeness (QED) is 0.0860. The van der Waals surface area contributed by atoms with E-state index < -0.39 is 0 Å². The predicted molar refractivity (Wildman–Crippen MR) is 215 cm³/mol. The Morgan fingerprint density at radius 2 is 1.53 bits per heavy atom. The molecule has 0 saturated heterocycles. The van der Waals surface area contributed by atoms with E-state index in [0.29, 0.717) is 17.3 Å². The van der Waals surface area contributed by atoms with Crippen LogP contribution in [-0.2, 0) is 0 Å². The van der Waals surface area contributed by atoms with Crippen LogP contribution in [0.5, 0.6) is 0 Å². The Hall–Kier alpha value is -3.08. The summed E-state index contributed by atoms with van der Waals surface area (Å²) in [5, 5.41) is 8.01. The lowest BCUT2D eigenvalue weighted by molar-refractivity contribution is 0.397. The number of hydrogen-bond donors (Lipinski definition) is 4. The van der Waals surface area contributed by atoms with E-state index in [1.807, 2.05) is 26.1 Å². The highest BCUT2D eigenvalue weighted by atomic mass is 14.7. The first kappa shape index (κ1) is 46.0. The van der Waals surface area contributed by atoms with Gasteiger partial charge < -0.3 is 22.6 Å². The second-order valence-corrected chi connectivity index (χ2v) is 13.0. The van der Waals surface area contributed by atoms with Crippen LogP contribution in [0, 0.1) is 30.1 Å². The molecule has 0 radical (unpaired) electrons. The molecule has 0 bridgehead atoms. The van der Waals surface area contributed by atoms with E-state index in [4.69, 9.17) is 27.6 Å². The zero-order valence-corrected chi connectivity index (χ0v) is 32.6. The van der Waals surface area contributed by atoms with E-state index in [-0.39, 0.29) is 0 Å². The number of aryl methyl sites for hydroxylation is 1. The highest BCUT2D eigenvalue weighted by molar-refractivity contribution is 5.96. The van der Waals surface area contributed by atoms with Crippen molar-refractivity contribution < 1.29 is 0 Å². The molecule has 1 unspecified atom stereocenters. The SMILES string of the molecule is C=C(C)N.CC.CCC/C=C(C1=C(c2c(C)ccc(N)c2C=N)CCCC1)\C(C=NCCC(C)CC)=C\N.CC[C@@H](C)C[C@@H](C)CC. The minimum Gasteiger partial charge on any atom is -0.404 e. The molecule has 0 aromatic heterocycles. The average Bonchev–Trinajstić information content (AvgIpc) is 3.07. The fourth-order valence-corrected chi connectivity index (χ4v) is 5.37. The molecule has 5 heteroatoms. The van der Waals surface area contributed by atoms with Gasteiger partial charge in [0.15, 0.2) is 0 Å². The van der Waals surface area contributed by atoms with Gasteiger partial charge >= 0.3 is 0 Å². The summed E-state index contributed by atoms with van der Waals surface area (Å²) in [6.07, 6.45) is 20.2. The van der Waals surface area contributed by atoms with Crippen molar-refractivity contribution in [1.82, 2.24) is 0 Å². The number of aliphatic imine (C=N–C) groups is 1. The third-order valence-corrected chi connectivity index (χ3v) is 8.73. The van der Waals surface area contributed by atoms with Crippen molar-refractivity contribution in [1.29, 1.82) is 5.41 Å². The Labute approximate surface area is 291 Å². The van der Waals surface area contributed by atoms with E-state index in [1.54, 1.807) is 13.1 Å². The van der Waals surface area contributed by atoms with Gasteiger partial charge in [-0.05, 0) is 116 Å². The highest BCUT2D eigenvalue weighted by Gasteiger charge is 2.23. The molecule has 0 saturated carbocycles. The predicted octanol–water partition coefficient (Wildman–Crippen LogP) is 12.0. The maximum Gasteiger partial charge on any atom is 0.0409 e. The molecule has 1 aliphatic rings. The Kier molecular flexibility index (Phi) is 27.4. The van der Waals surface area contributed by atoms with Crippen LogP contribution in [0.25, 0.3) is 5.57 Å². The summed E-state index contributed by atoms with van der Waals surface area (Å²) in [4.78, 5) is 4.72. The molecule has 3 atom stereocenters. The van der Waals surface area contributed by atoms with Gasteiger partial charge in [0.05, 0.1) is 0 Å². The van der Waals surface area contributed by atoms with Gasteiger partial charge in [0.2, 0.25) is 0 Å². The van der Waals surface area contributed by atoms with Crippen LogP contribution < -0.4 is 17.2 Å². The van der Waals surface area contributed by atoms with E-state index >= 15 is 0 Å². The van der Waals surface area contributed by atoms with Gasteiger partial charge in [0.1, 0.15) is 0 Å². The second-order valence-electron chi connectivity index (χ2n) is 13.0. The van der Waals surface area contributed by atoms with E-state index in [9.17, 15) is 0 Å². The van der Waals surface area contributed by atoms with Gasteiger partial charge in [0, 0.05) is 42.0 Å². The number of nitrogen functional groups attached to an aromatic ring is 1. The Bertz CT molecular complexity index is 1130. The van der Waals surface area contributed by atoms with Gasteiger partial charge in [-0.2, -0.15) is 0 Å². The fourth-order valence-electron chi connectivity index (χ4n) is 5.37. The highest BCUT2D eigenvalue weighted by Crippen LogP contribution is 2.41. The molecule has 1 aromatic rings. The van der Waals surface area contributed by atoms with Gasteiger partial charge in [-0.15, -0.1) is 0 Å². The Morgan fingerprint density at radius 3 is 2.02 bits per heavy atom. The topological polar surface area (TPSA) is 114 Å². The average molecular weight is 650 g/mol. The van der Waals surface area contributed by atoms with Crippen molar-refractivity contribution >= 4 is 23.7 Å². The van der Waals surface area contributed by atoms with Crippen LogP contribution in [0.15, 0.2) is 58.4 Å². The van der Waals surface area contributed by atoms with Crippen LogP contribution in [0.2, 0.25) is 0 Å². The van der Waals surface area contributed by atoms with Crippen molar-refractivity contribution in [3.05, 3.63) is 70.1 Å². The molecule has 1 aromatic carbocycles. The number of allylic oxidation sites excluding steroid dienone is 6. The lowest BCUT2D eigenvalue weighted by atomic mass is 9.79. The summed E-state index contributed by atoms with van der Waals surface area (Å²) < 4.78 is 0. The van der Waals surface area contributed by atoms with E-state index in [2.05, 4.69) is 74.1 Å². The van der Waals surface area contributed by atoms with Crippen molar-refractivity contribution in [3.63, 3.8) is 0 Å². The number of unbranched alkanes of at least 4 members (excludes halogenated alkanes) is 1. The minimum absolute atomic E-state index is 0.665. The summed E-state index contributed by atoms with van der Waals surface area (Å²) in [5.74, 6) is 2.55. The van der Waals surface area contributed by atoms with Gasteiger partial charge in [-0.1, -0.05) is 107 Å². The summed E-state index contributed by atoms with van der Waals surface area (Å²) >= 11 is 0. The zero-order chi connectivity index (χ0) is 36.4. The van der Waals surface area contributed by atoms with Crippen molar-refractivity contribution in [3.8, 4) is 0 Å². The first-order valence-electron chi connectivity index (χ1n) is 18.6. The standard InChI is InChI=1S/C28H42N4.C9H20.C3H7N.C2H6/c1-5-7-10-23(22(17-29)19-32-16-15-20(3)6-2)24-11-8-9-12-25(24)28-21(4)13-14-27(31)26(28)18-30;1-5-8(3)7-9(4)6-2;1-3(2)4;1-2/h10,13-14,17-20,30H,5-9,11-12,15-16,29,31H2,1-4H3;8-9H,5-7H2,1-4H3;1,4H2,2H3;1-2H3/b22-17+,23-10+,30-18?,32-19?;;;/t;8-,9+;;. The first-order valence-corrected chi connectivity index (χ1v) is 18.6. The number of nitrogens with one attached hydrogen (secondary N) is 1. The molecular weight excluding hydrogens is 574 g/mol. The van der Waals surface area contributed by atoms with Crippen LogP contribution in [0.3, 0.4) is 0 Å². The number of anilines is 1. The lowest BCUT2D eigenvalue weighted by Gasteiger charge is -2.26. The van der Waals surface area contributed by atoms with Crippen LogP contribution >= 0.6 is 0 Å². The van der Waals surface area contributed by atoms with Gasteiger partial charge in [-0.25, -0.2) is 0 Å². The lowest BCUT2D eigenvalue weighted by Crippen LogP contribution is -2.10.